The van der Waals surface area contributed by atoms with Crippen LogP contribution in [0.4, 0.5) is 14.5 Å². The first-order valence-electron chi connectivity index (χ1n) is 4.82. The van der Waals surface area contributed by atoms with Crippen LogP contribution in [0.2, 0.25) is 0 Å². The summed E-state index contributed by atoms with van der Waals surface area (Å²) >= 11 is 0.447. The molecule has 0 aromatic heterocycles. The fourth-order valence-corrected chi connectivity index (χ4v) is 1.78. The fourth-order valence-electron chi connectivity index (χ4n) is 1.18. The Bertz CT molecular complexity index is 401. The van der Waals surface area contributed by atoms with E-state index in [0.717, 1.165) is 0 Å². The van der Waals surface area contributed by atoms with Crippen LogP contribution in [0.15, 0.2) is 34.3 Å². The molecule has 1 aromatic rings. The molecule has 94 valence electrons. The van der Waals surface area contributed by atoms with Crippen LogP contribution in [0.3, 0.4) is 0 Å². The number of hydrogen-bond acceptors (Lipinski definition) is 4. The van der Waals surface area contributed by atoms with Crippen LogP contribution in [0, 0.1) is 0 Å². The first kappa shape index (κ1) is 13.6. The summed E-state index contributed by atoms with van der Waals surface area (Å²) in [6.45, 7) is 1.67. The fraction of sp³-hybridized carbons (Fsp3) is 0.300. The van der Waals surface area contributed by atoms with Crippen molar-refractivity contribution in [3.8, 4) is 0 Å². The summed E-state index contributed by atoms with van der Waals surface area (Å²) in [7, 11) is 0. The van der Waals surface area contributed by atoms with E-state index >= 15 is 0 Å². The van der Waals surface area contributed by atoms with E-state index < -0.39 is 11.8 Å². The van der Waals surface area contributed by atoms with E-state index in [1.807, 2.05) is 0 Å². The molecule has 4 nitrogen and oxygen atoms in total. The monoisotopic (exact) mass is 261 g/mol. The summed E-state index contributed by atoms with van der Waals surface area (Å²) in [6.07, 6.45) is 0. The third kappa shape index (κ3) is 4.10. The Hall–Kier alpha value is -1.50. The topological polar surface area (TPSA) is 70.6 Å². The number of para-hydroxylation sites is 1. The Morgan fingerprint density at radius 1 is 1.47 bits per heavy atom. The molecule has 0 aliphatic carbocycles. The second kappa shape index (κ2) is 6.29. The number of alkyl halides is 2. The number of benzene rings is 1. The van der Waals surface area contributed by atoms with Gasteiger partial charge in [0.15, 0.2) is 5.84 Å². The van der Waals surface area contributed by atoms with Crippen molar-refractivity contribution in [2.24, 2.45) is 10.9 Å². The summed E-state index contributed by atoms with van der Waals surface area (Å²) in [6, 6.07) is 6.18. The van der Waals surface area contributed by atoms with Gasteiger partial charge in [-0.05, 0) is 19.1 Å². The smallest absolute Gasteiger partial charge is 0.288 e. The molecule has 1 aromatic carbocycles. The van der Waals surface area contributed by atoms with Gasteiger partial charge in [0.25, 0.3) is 5.76 Å². The van der Waals surface area contributed by atoms with Crippen molar-refractivity contribution in [2.45, 2.75) is 23.6 Å². The highest BCUT2D eigenvalue weighted by molar-refractivity contribution is 7.99. The van der Waals surface area contributed by atoms with E-state index in [4.69, 9.17) is 10.9 Å². The predicted octanol–water partition coefficient (Wildman–Crippen LogP) is 2.55. The van der Waals surface area contributed by atoms with Crippen LogP contribution in [0.25, 0.3) is 0 Å². The molecule has 1 unspecified atom stereocenters. The molecule has 7 heteroatoms. The van der Waals surface area contributed by atoms with Gasteiger partial charge in [-0.2, -0.15) is 8.78 Å². The van der Waals surface area contributed by atoms with Crippen LogP contribution in [0.5, 0.6) is 0 Å². The average molecular weight is 261 g/mol. The normalized spacial score (nSPS) is 13.8. The van der Waals surface area contributed by atoms with Crippen molar-refractivity contribution in [1.82, 2.24) is 0 Å². The highest BCUT2D eigenvalue weighted by Crippen LogP contribution is 2.31. The Labute approximate surface area is 102 Å². The van der Waals surface area contributed by atoms with Crippen LogP contribution in [-0.4, -0.2) is 22.8 Å². The summed E-state index contributed by atoms with van der Waals surface area (Å²) in [5.74, 6) is -2.50. The summed E-state index contributed by atoms with van der Waals surface area (Å²) in [5.41, 5.74) is 5.92. The van der Waals surface area contributed by atoms with E-state index in [-0.39, 0.29) is 5.84 Å². The number of hydrogen-bond donors (Lipinski definition) is 3. The van der Waals surface area contributed by atoms with Crippen LogP contribution in [-0.2, 0) is 0 Å². The number of thioether (sulfide) groups is 1. The first-order valence-corrected chi connectivity index (χ1v) is 5.70. The van der Waals surface area contributed by atoms with Gasteiger partial charge < -0.3 is 16.3 Å². The van der Waals surface area contributed by atoms with Crippen LogP contribution in [0.1, 0.15) is 6.92 Å². The zero-order valence-electron chi connectivity index (χ0n) is 9.10. The largest absolute Gasteiger partial charge is 0.409 e. The van der Waals surface area contributed by atoms with Crippen molar-refractivity contribution < 1.29 is 14.0 Å². The predicted molar refractivity (Wildman–Crippen MR) is 64.8 cm³/mol. The molecule has 0 radical (unpaired) electrons. The van der Waals surface area contributed by atoms with Gasteiger partial charge in [-0.25, -0.2) is 0 Å². The number of nitrogens with zero attached hydrogens (tertiary/aromatic N) is 1. The van der Waals surface area contributed by atoms with Crippen molar-refractivity contribution >= 4 is 23.3 Å². The SMILES string of the molecule is CC(Nc1ccccc1SC(F)F)C(N)=NO. The molecule has 4 N–H and O–H groups in total. The van der Waals surface area contributed by atoms with Gasteiger partial charge in [0.2, 0.25) is 0 Å². The third-order valence-corrected chi connectivity index (χ3v) is 2.82. The van der Waals surface area contributed by atoms with Gasteiger partial charge >= 0.3 is 0 Å². The lowest BCUT2D eigenvalue weighted by atomic mass is 10.2. The number of amidine groups is 1. The number of nitrogens with two attached hydrogens (primary N) is 1. The van der Waals surface area contributed by atoms with Gasteiger partial charge in [-0.3, -0.25) is 0 Å². The van der Waals surface area contributed by atoms with E-state index in [1.165, 1.54) is 0 Å². The van der Waals surface area contributed by atoms with E-state index in [1.54, 1.807) is 31.2 Å². The highest BCUT2D eigenvalue weighted by atomic mass is 32.2. The van der Waals surface area contributed by atoms with Crippen molar-refractivity contribution in [3.63, 3.8) is 0 Å². The molecule has 0 bridgehead atoms. The molecular formula is C10H13F2N3OS. The Morgan fingerprint density at radius 3 is 2.71 bits per heavy atom. The van der Waals surface area contributed by atoms with Crippen molar-refractivity contribution in [3.05, 3.63) is 24.3 Å². The lowest BCUT2D eigenvalue weighted by molar-refractivity contribution is 0.252. The maximum absolute atomic E-state index is 12.3. The van der Waals surface area contributed by atoms with E-state index in [0.29, 0.717) is 22.3 Å². The molecule has 17 heavy (non-hydrogen) atoms. The molecule has 0 heterocycles. The standard InChI is InChI=1S/C10H13F2N3OS/c1-6(9(13)15-16)14-7-4-2-3-5-8(7)17-10(11)12/h2-6,10,14,16H,1H3,(H2,13,15). The van der Waals surface area contributed by atoms with E-state index in [2.05, 4.69) is 10.5 Å². The molecule has 0 amide bonds. The zero-order valence-corrected chi connectivity index (χ0v) is 9.92. The molecule has 1 atom stereocenters. The molecule has 1 rings (SSSR count). The third-order valence-electron chi connectivity index (χ3n) is 2.03. The van der Waals surface area contributed by atoms with Crippen LogP contribution < -0.4 is 11.1 Å². The van der Waals surface area contributed by atoms with Gasteiger partial charge in [0, 0.05) is 10.6 Å². The van der Waals surface area contributed by atoms with E-state index in [9.17, 15) is 8.78 Å². The molecule has 0 aliphatic heterocycles. The molecule has 0 aliphatic rings. The van der Waals surface area contributed by atoms with Gasteiger partial charge in [0.05, 0.1) is 6.04 Å². The molecule has 0 spiro atoms. The Balaban J connectivity index is 2.83. The van der Waals surface area contributed by atoms with Gasteiger partial charge in [-0.1, -0.05) is 29.1 Å². The minimum Gasteiger partial charge on any atom is -0.409 e. The lowest BCUT2D eigenvalue weighted by Crippen LogP contribution is -2.33. The van der Waals surface area contributed by atoms with Crippen molar-refractivity contribution in [2.75, 3.05) is 5.32 Å². The quantitative estimate of drug-likeness (QED) is 0.250. The number of anilines is 1. The number of rotatable bonds is 5. The molecular weight excluding hydrogens is 248 g/mol. The molecule has 0 saturated carbocycles. The summed E-state index contributed by atoms with van der Waals surface area (Å²) in [4.78, 5) is 0.417. The number of halogens is 2. The highest BCUT2D eigenvalue weighted by Gasteiger charge is 2.13. The molecule has 0 saturated heterocycles. The van der Waals surface area contributed by atoms with Gasteiger partial charge in [-0.15, -0.1) is 0 Å². The van der Waals surface area contributed by atoms with Gasteiger partial charge in [0.1, 0.15) is 0 Å². The minimum atomic E-state index is -2.49. The molecule has 0 fully saturated rings. The second-order valence-corrected chi connectivity index (χ2v) is 4.30. The maximum atomic E-state index is 12.3. The second-order valence-electron chi connectivity index (χ2n) is 3.27. The summed E-state index contributed by atoms with van der Waals surface area (Å²) in [5, 5.41) is 14.2. The number of nitrogens with one attached hydrogen (secondary N) is 1. The lowest BCUT2D eigenvalue weighted by Gasteiger charge is -2.16. The first-order chi connectivity index (χ1) is 8.04. The zero-order chi connectivity index (χ0) is 12.8. The maximum Gasteiger partial charge on any atom is 0.288 e. The Morgan fingerprint density at radius 2 is 2.12 bits per heavy atom. The van der Waals surface area contributed by atoms with Crippen LogP contribution >= 0.6 is 11.8 Å². The Kier molecular flexibility index (Phi) is 5.02. The average Bonchev–Trinajstić information content (AvgIpc) is 2.29. The minimum absolute atomic E-state index is 0.0122. The van der Waals surface area contributed by atoms with Crippen molar-refractivity contribution in [1.29, 1.82) is 0 Å². The number of oxime groups is 1. The summed E-state index contributed by atoms with van der Waals surface area (Å²) < 4.78 is 24.6.